The van der Waals surface area contributed by atoms with Gasteiger partial charge in [-0.1, -0.05) is 41.9 Å². The lowest BCUT2D eigenvalue weighted by Crippen LogP contribution is -1.87. The Morgan fingerprint density at radius 3 is 2.53 bits per heavy atom. The Hall–Kier alpha value is -1.93. The van der Waals surface area contributed by atoms with E-state index in [2.05, 4.69) is 22.1 Å². The quantitative estimate of drug-likeness (QED) is 0.602. The van der Waals surface area contributed by atoms with Gasteiger partial charge >= 0.3 is 0 Å². The molecule has 0 atom stereocenters. The minimum absolute atomic E-state index is 0.468. The Morgan fingerprint density at radius 1 is 0.882 bits per heavy atom. The standard InChI is InChI=1S/C14H9ClN2/c15-13-7-6-12-11(8-9-16-14(12)17-13)10-4-2-1-3-5-10/h1-9H. The molecule has 0 N–H and O–H groups in total. The molecule has 2 nitrogen and oxygen atoms in total. The first kappa shape index (κ1) is 10.2. The second-order valence-electron chi connectivity index (χ2n) is 3.73. The van der Waals surface area contributed by atoms with E-state index in [1.54, 1.807) is 12.3 Å². The third-order valence-corrected chi connectivity index (χ3v) is 2.86. The summed E-state index contributed by atoms with van der Waals surface area (Å²) in [7, 11) is 0. The first-order valence-electron chi connectivity index (χ1n) is 5.31. The molecule has 0 fully saturated rings. The van der Waals surface area contributed by atoms with Gasteiger partial charge in [0, 0.05) is 11.6 Å². The van der Waals surface area contributed by atoms with Gasteiger partial charge in [0.05, 0.1) is 0 Å². The van der Waals surface area contributed by atoms with Gasteiger partial charge in [-0.3, -0.25) is 0 Å². The van der Waals surface area contributed by atoms with E-state index in [4.69, 9.17) is 11.6 Å². The maximum absolute atomic E-state index is 5.87. The van der Waals surface area contributed by atoms with Crippen LogP contribution in [0.5, 0.6) is 0 Å². The number of aromatic nitrogens is 2. The van der Waals surface area contributed by atoms with Crippen LogP contribution in [0.1, 0.15) is 0 Å². The lowest BCUT2D eigenvalue weighted by Gasteiger charge is -2.05. The van der Waals surface area contributed by atoms with Crippen molar-refractivity contribution in [1.29, 1.82) is 0 Å². The number of hydrogen-bond acceptors (Lipinski definition) is 2. The monoisotopic (exact) mass is 240 g/mol. The molecule has 0 saturated carbocycles. The van der Waals surface area contributed by atoms with E-state index < -0.39 is 0 Å². The fraction of sp³-hybridized carbons (Fsp3) is 0. The van der Waals surface area contributed by atoms with E-state index in [-0.39, 0.29) is 0 Å². The summed E-state index contributed by atoms with van der Waals surface area (Å²) >= 11 is 5.87. The van der Waals surface area contributed by atoms with Crippen molar-refractivity contribution in [2.75, 3.05) is 0 Å². The number of nitrogens with zero attached hydrogens (tertiary/aromatic N) is 2. The van der Waals surface area contributed by atoms with Crippen molar-refractivity contribution in [3.05, 3.63) is 59.9 Å². The molecule has 0 amide bonds. The molecule has 0 aliphatic heterocycles. The summed E-state index contributed by atoms with van der Waals surface area (Å²) < 4.78 is 0. The molecule has 3 rings (SSSR count). The highest BCUT2D eigenvalue weighted by Gasteiger charge is 2.05. The van der Waals surface area contributed by atoms with Crippen molar-refractivity contribution in [3.8, 4) is 11.1 Å². The largest absolute Gasteiger partial charge is 0.237 e. The van der Waals surface area contributed by atoms with E-state index in [1.807, 2.05) is 30.3 Å². The topological polar surface area (TPSA) is 25.8 Å². The van der Waals surface area contributed by atoms with Crippen LogP contribution in [0, 0.1) is 0 Å². The van der Waals surface area contributed by atoms with Gasteiger partial charge < -0.3 is 0 Å². The van der Waals surface area contributed by atoms with Crippen molar-refractivity contribution in [1.82, 2.24) is 9.97 Å². The minimum atomic E-state index is 0.468. The van der Waals surface area contributed by atoms with Gasteiger partial charge in [0.2, 0.25) is 0 Å². The van der Waals surface area contributed by atoms with Crippen molar-refractivity contribution >= 4 is 22.6 Å². The molecular weight excluding hydrogens is 232 g/mol. The molecule has 0 saturated heterocycles. The van der Waals surface area contributed by atoms with Crippen LogP contribution in [0.15, 0.2) is 54.7 Å². The van der Waals surface area contributed by atoms with Crippen LogP contribution in [0.4, 0.5) is 0 Å². The van der Waals surface area contributed by atoms with E-state index in [1.165, 1.54) is 0 Å². The number of hydrogen-bond donors (Lipinski definition) is 0. The molecule has 3 heteroatoms. The smallest absolute Gasteiger partial charge is 0.161 e. The number of benzene rings is 1. The fourth-order valence-electron chi connectivity index (χ4n) is 1.88. The molecule has 3 aromatic rings. The zero-order valence-electron chi connectivity index (χ0n) is 8.97. The summed E-state index contributed by atoms with van der Waals surface area (Å²) in [5, 5.41) is 1.48. The van der Waals surface area contributed by atoms with Crippen LogP contribution in [0.3, 0.4) is 0 Å². The number of fused-ring (bicyclic) bond motifs is 1. The van der Waals surface area contributed by atoms with Gasteiger partial charge in [0.15, 0.2) is 5.65 Å². The van der Waals surface area contributed by atoms with Crippen molar-refractivity contribution < 1.29 is 0 Å². The van der Waals surface area contributed by atoms with Gasteiger partial charge in [0.25, 0.3) is 0 Å². The highest BCUT2D eigenvalue weighted by Crippen LogP contribution is 2.26. The zero-order valence-corrected chi connectivity index (χ0v) is 9.72. The fourth-order valence-corrected chi connectivity index (χ4v) is 2.02. The van der Waals surface area contributed by atoms with Gasteiger partial charge in [-0.25, -0.2) is 9.97 Å². The van der Waals surface area contributed by atoms with Gasteiger partial charge in [-0.2, -0.15) is 0 Å². The maximum Gasteiger partial charge on any atom is 0.161 e. The van der Waals surface area contributed by atoms with Crippen LogP contribution in [-0.4, -0.2) is 9.97 Å². The molecule has 2 heterocycles. The maximum atomic E-state index is 5.87. The van der Waals surface area contributed by atoms with Crippen molar-refractivity contribution in [2.24, 2.45) is 0 Å². The molecule has 2 aromatic heterocycles. The highest BCUT2D eigenvalue weighted by atomic mass is 35.5. The summed E-state index contributed by atoms with van der Waals surface area (Å²) in [5.74, 6) is 0. The molecule has 0 spiro atoms. The van der Waals surface area contributed by atoms with Crippen LogP contribution < -0.4 is 0 Å². The molecule has 0 radical (unpaired) electrons. The van der Waals surface area contributed by atoms with Crippen LogP contribution in [-0.2, 0) is 0 Å². The van der Waals surface area contributed by atoms with E-state index in [0.29, 0.717) is 10.8 Å². The second-order valence-corrected chi connectivity index (χ2v) is 4.12. The summed E-state index contributed by atoms with van der Waals surface area (Å²) in [6.45, 7) is 0. The summed E-state index contributed by atoms with van der Waals surface area (Å²) in [4.78, 5) is 8.45. The molecule has 17 heavy (non-hydrogen) atoms. The Morgan fingerprint density at radius 2 is 1.71 bits per heavy atom. The SMILES string of the molecule is Clc1ccc2c(-c3ccccc3)ccnc2n1. The Balaban J connectivity index is 2.31. The van der Waals surface area contributed by atoms with Gasteiger partial charge in [-0.05, 0) is 29.3 Å². The Kier molecular flexibility index (Phi) is 2.50. The molecule has 82 valence electrons. The molecule has 1 aromatic carbocycles. The molecule has 0 aliphatic rings. The van der Waals surface area contributed by atoms with Crippen molar-refractivity contribution in [3.63, 3.8) is 0 Å². The van der Waals surface area contributed by atoms with Crippen LogP contribution in [0.25, 0.3) is 22.2 Å². The van der Waals surface area contributed by atoms with Crippen LogP contribution >= 0.6 is 11.6 Å². The minimum Gasteiger partial charge on any atom is -0.237 e. The third kappa shape index (κ3) is 1.87. The first-order valence-corrected chi connectivity index (χ1v) is 5.69. The lowest BCUT2D eigenvalue weighted by molar-refractivity contribution is 1.29. The van der Waals surface area contributed by atoms with E-state index in [9.17, 15) is 0 Å². The third-order valence-electron chi connectivity index (χ3n) is 2.65. The summed E-state index contributed by atoms with van der Waals surface area (Å²) in [5.41, 5.74) is 2.96. The predicted octanol–water partition coefficient (Wildman–Crippen LogP) is 3.95. The highest BCUT2D eigenvalue weighted by molar-refractivity contribution is 6.29. The van der Waals surface area contributed by atoms with Gasteiger partial charge in [0.1, 0.15) is 5.15 Å². The van der Waals surface area contributed by atoms with E-state index >= 15 is 0 Å². The summed E-state index contributed by atoms with van der Waals surface area (Å²) in [6, 6.07) is 15.9. The molecular formula is C14H9ClN2. The molecule has 0 aliphatic carbocycles. The Labute approximate surface area is 104 Å². The lowest BCUT2D eigenvalue weighted by atomic mass is 10.0. The van der Waals surface area contributed by atoms with Crippen molar-refractivity contribution in [2.45, 2.75) is 0 Å². The predicted molar refractivity (Wildman–Crippen MR) is 70.0 cm³/mol. The Bertz CT molecular complexity index is 665. The van der Waals surface area contributed by atoms with Gasteiger partial charge in [-0.15, -0.1) is 0 Å². The van der Waals surface area contributed by atoms with Crippen LogP contribution in [0.2, 0.25) is 5.15 Å². The summed E-state index contributed by atoms with van der Waals surface area (Å²) in [6.07, 6.45) is 1.76. The average molecular weight is 241 g/mol. The number of halogens is 1. The number of rotatable bonds is 1. The molecule has 0 unspecified atom stereocenters. The number of pyridine rings is 2. The zero-order chi connectivity index (χ0) is 11.7. The average Bonchev–Trinajstić information content (AvgIpc) is 2.39. The normalized spacial score (nSPS) is 10.6. The second kappa shape index (κ2) is 4.15. The first-order chi connectivity index (χ1) is 8.34. The van der Waals surface area contributed by atoms with E-state index in [0.717, 1.165) is 16.5 Å². The molecule has 0 bridgehead atoms.